The second-order valence-corrected chi connectivity index (χ2v) is 11.4. The van der Waals surface area contributed by atoms with E-state index in [1.807, 2.05) is 51.1 Å². The Balaban J connectivity index is 1.40. The number of amides is 1. The molecular weight excluding hydrogens is 458 g/mol. The van der Waals surface area contributed by atoms with Crippen molar-refractivity contribution in [2.24, 2.45) is 5.41 Å². The minimum Gasteiger partial charge on any atom is -0.444 e. The van der Waals surface area contributed by atoms with Crippen LogP contribution in [0, 0.1) is 5.41 Å². The number of hydrogen-bond donors (Lipinski definition) is 1. The number of carbonyl (C=O) groups is 1. The highest BCUT2D eigenvalue weighted by Gasteiger charge is 2.56. The van der Waals surface area contributed by atoms with Crippen LogP contribution < -0.4 is 5.56 Å². The lowest BCUT2D eigenvalue weighted by Gasteiger charge is -2.52. The van der Waals surface area contributed by atoms with Gasteiger partial charge in [0.05, 0.1) is 24.9 Å². The Hall–Kier alpha value is -3.20. The first-order valence-electron chi connectivity index (χ1n) is 12.7. The van der Waals surface area contributed by atoms with Crippen molar-refractivity contribution in [2.75, 3.05) is 13.1 Å². The van der Waals surface area contributed by atoms with Crippen molar-refractivity contribution in [3.8, 4) is 0 Å². The van der Waals surface area contributed by atoms with Crippen LogP contribution in [0.1, 0.15) is 58.4 Å². The molecule has 1 atom stereocenters. The van der Waals surface area contributed by atoms with E-state index in [-0.39, 0.29) is 18.2 Å². The Bertz CT molecular complexity index is 1300. The van der Waals surface area contributed by atoms with Crippen LogP contribution in [0.2, 0.25) is 0 Å². The highest BCUT2D eigenvalue weighted by atomic mass is 16.6. The second-order valence-electron chi connectivity index (χ2n) is 11.4. The molecule has 1 amide bonds. The van der Waals surface area contributed by atoms with Gasteiger partial charge in [-0.05, 0) is 45.6 Å². The lowest BCUT2D eigenvalue weighted by atomic mass is 9.66. The number of likely N-dealkylation sites (tertiary alicyclic amines) is 1. The largest absolute Gasteiger partial charge is 0.444 e. The number of ether oxygens (including phenoxy) is 1. The number of aromatic nitrogens is 4. The number of benzene rings is 1. The van der Waals surface area contributed by atoms with E-state index in [9.17, 15) is 14.7 Å². The zero-order valence-corrected chi connectivity index (χ0v) is 21.3. The Morgan fingerprint density at radius 2 is 1.86 bits per heavy atom. The number of aliphatic hydroxyl groups is 1. The number of rotatable bonds is 4. The topological polar surface area (TPSA) is 102 Å². The normalized spacial score (nSPS) is 21.8. The third kappa shape index (κ3) is 4.52. The summed E-state index contributed by atoms with van der Waals surface area (Å²) < 4.78 is 8.85. The van der Waals surface area contributed by atoms with Crippen LogP contribution in [0.4, 0.5) is 4.79 Å². The van der Waals surface area contributed by atoms with Gasteiger partial charge in [-0.15, -0.1) is 0 Å². The van der Waals surface area contributed by atoms with Crippen LogP contribution in [-0.2, 0) is 17.8 Å². The highest BCUT2D eigenvalue weighted by Crippen LogP contribution is 2.51. The molecule has 3 aromatic rings. The highest BCUT2D eigenvalue weighted by molar-refractivity contribution is 5.73. The molecule has 1 saturated carbocycles. The number of piperidine rings is 1. The van der Waals surface area contributed by atoms with Gasteiger partial charge in [0.25, 0.3) is 5.56 Å². The molecule has 9 nitrogen and oxygen atoms in total. The number of hydrogen-bond acceptors (Lipinski definition) is 6. The molecule has 2 aliphatic rings. The van der Waals surface area contributed by atoms with E-state index in [1.54, 1.807) is 15.8 Å². The quantitative estimate of drug-likeness (QED) is 0.596. The molecular formula is C27H35N5O4. The first kappa shape index (κ1) is 24.5. The zero-order valence-electron chi connectivity index (χ0n) is 21.3. The van der Waals surface area contributed by atoms with Gasteiger partial charge >= 0.3 is 6.09 Å². The number of fused-ring (bicyclic) bond motifs is 1. The van der Waals surface area contributed by atoms with Crippen molar-refractivity contribution in [3.05, 3.63) is 58.8 Å². The third-order valence-corrected chi connectivity index (χ3v) is 7.72. The monoisotopic (exact) mass is 493 g/mol. The van der Waals surface area contributed by atoms with Gasteiger partial charge in [-0.1, -0.05) is 43.2 Å². The molecule has 0 radical (unpaired) electrons. The fourth-order valence-electron chi connectivity index (χ4n) is 5.84. The number of nitrogens with zero attached hydrogens (tertiary/aromatic N) is 5. The number of carbonyl (C=O) groups excluding carboxylic acids is 1. The minimum atomic E-state index is -1.12. The van der Waals surface area contributed by atoms with Crippen molar-refractivity contribution in [2.45, 2.75) is 77.2 Å². The summed E-state index contributed by atoms with van der Waals surface area (Å²) in [4.78, 5) is 32.5. The van der Waals surface area contributed by atoms with E-state index < -0.39 is 16.6 Å². The zero-order chi connectivity index (χ0) is 25.6. The molecule has 1 aliphatic heterocycles. The van der Waals surface area contributed by atoms with Crippen molar-refractivity contribution in [1.82, 2.24) is 24.2 Å². The molecule has 1 aromatic carbocycles. The van der Waals surface area contributed by atoms with Crippen LogP contribution in [-0.4, -0.2) is 59.7 Å². The first-order valence-corrected chi connectivity index (χ1v) is 12.7. The SMILES string of the molecule is CC(C)(C)OC(=O)N1CCC(O)(Cn2cnc3c(cnn3Cc3ccccc3)c2=O)C2(CCCC2)C1. The molecule has 1 N–H and O–H groups in total. The predicted molar refractivity (Wildman–Crippen MR) is 136 cm³/mol. The molecule has 1 unspecified atom stereocenters. The van der Waals surface area contributed by atoms with Gasteiger partial charge in [0, 0.05) is 18.5 Å². The van der Waals surface area contributed by atoms with E-state index in [0.29, 0.717) is 37.1 Å². The van der Waals surface area contributed by atoms with Crippen molar-refractivity contribution in [1.29, 1.82) is 0 Å². The fourth-order valence-corrected chi connectivity index (χ4v) is 5.84. The second kappa shape index (κ2) is 9.03. The summed E-state index contributed by atoms with van der Waals surface area (Å²) in [5.74, 6) is 0. The third-order valence-electron chi connectivity index (χ3n) is 7.72. The van der Waals surface area contributed by atoms with Crippen LogP contribution in [0.15, 0.2) is 47.7 Å². The molecule has 1 saturated heterocycles. The van der Waals surface area contributed by atoms with Crippen molar-refractivity contribution < 1.29 is 14.6 Å². The van der Waals surface area contributed by atoms with Gasteiger partial charge in [-0.25, -0.2) is 14.5 Å². The summed E-state index contributed by atoms with van der Waals surface area (Å²) in [6, 6.07) is 9.91. The summed E-state index contributed by atoms with van der Waals surface area (Å²) >= 11 is 0. The lowest BCUT2D eigenvalue weighted by molar-refractivity contribution is -0.140. The molecule has 2 fully saturated rings. The van der Waals surface area contributed by atoms with Gasteiger partial charge < -0.3 is 14.7 Å². The maximum atomic E-state index is 13.4. The van der Waals surface area contributed by atoms with E-state index >= 15 is 0 Å². The molecule has 1 aliphatic carbocycles. The van der Waals surface area contributed by atoms with Crippen LogP contribution >= 0.6 is 0 Å². The summed E-state index contributed by atoms with van der Waals surface area (Å²) in [6.07, 6.45) is 6.71. The molecule has 5 rings (SSSR count). The van der Waals surface area contributed by atoms with Crippen LogP contribution in [0.5, 0.6) is 0 Å². The van der Waals surface area contributed by atoms with Crippen LogP contribution in [0.3, 0.4) is 0 Å². The van der Waals surface area contributed by atoms with Crippen molar-refractivity contribution >= 4 is 17.1 Å². The molecule has 0 bridgehead atoms. The Kier molecular flexibility index (Phi) is 6.14. The smallest absolute Gasteiger partial charge is 0.410 e. The summed E-state index contributed by atoms with van der Waals surface area (Å²) in [5, 5.41) is 16.9. The van der Waals surface area contributed by atoms with Crippen molar-refractivity contribution in [3.63, 3.8) is 0 Å². The molecule has 9 heteroatoms. The average molecular weight is 494 g/mol. The van der Waals surface area contributed by atoms with E-state index in [1.165, 1.54) is 10.9 Å². The first-order chi connectivity index (χ1) is 17.1. The summed E-state index contributed by atoms with van der Waals surface area (Å²) in [5.41, 5.74) is -0.789. The Morgan fingerprint density at radius 3 is 2.56 bits per heavy atom. The van der Waals surface area contributed by atoms with Gasteiger partial charge in [0.1, 0.15) is 17.3 Å². The van der Waals surface area contributed by atoms with E-state index in [2.05, 4.69) is 10.1 Å². The predicted octanol–water partition coefficient (Wildman–Crippen LogP) is 3.57. The molecule has 192 valence electrons. The maximum absolute atomic E-state index is 13.4. The van der Waals surface area contributed by atoms with Gasteiger partial charge in [0.15, 0.2) is 5.65 Å². The van der Waals surface area contributed by atoms with Gasteiger partial charge in [0.2, 0.25) is 0 Å². The molecule has 3 heterocycles. The van der Waals surface area contributed by atoms with E-state index in [4.69, 9.17) is 4.74 Å². The van der Waals surface area contributed by atoms with E-state index in [0.717, 1.165) is 31.2 Å². The lowest BCUT2D eigenvalue weighted by Crippen LogP contribution is -2.62. The van der Waals surface area contributed by atoms with Crippen LogP contribution in [0.25, 0.3) is 11.0 Å². The average Bonchev–Trinajstić information content (AvgIpc) is 3.46. The standard InChI is InChI=1S/C27H35N5O4/c1-25(2,3)36-24(34)30-14-13-27(35,26(17-30)11-7-8-12-26)18-31-19-28-22-21(23(31)33)15-29-32(22)16-20-9-5-4-6-10-20/h4-6,9-10,15,19,35H,7-8,11-14,16-18H2,1-3H3. The summed E-state index contributed by atoms with van der Waals surface area (Å²) in [7, 11) is 0. The molecule has 1 spiro atoms. The van der Waals surface area contributed by atoms with Gasteiger partial charge in [-0.3, -0.25) is 9.36 Å². The Morgan fingerprint density at radius 1 is 1.14 bits per heavy atom. The maximum Gasteiger partial charge on any atom is 0.410 e. The molecule has 36 heavy (non-hydrogen) atoms. The molecule has 2 aromatic heterocycles. The minimum absolute atomic E-state index is 0.140. The van der Waals surface area contributed by atoms with Gasteiger partial charge in [-0.2, -0.15) is 5.10 Å². The Labute approximate surface area is 210 Å². The fraction of sp³-hybridized carbons (Fsp3) is 0.556. The summed E-state index contributed by atoms with van der Waals surface area (Å²) in [6.45, 7) is 7.04.